The topological polar surface area (TPSA) is 36.8 Å². The zero-order valence-corrected chi connectivity index (χ0v) is 10.5. The fourth-order valence-electron chi connectivity index (χ4n) is 1.02. The Hall–Kier alpha value is -1.09. The van der Waals surface area contributed by atoms with Gasteiger partial charge in [-0.2, -0.15) is 5.10 Å². The quantitative estimate of drug-likeness (QED) is 0.437. The van der Waals surface area contributed by atoms with Crippen molar-refractivity contribution in [1.29, 1.82) is 0 Å². The lowest BCUT2D eigenvalue weighted by Crippen LogP contribution is -2.00. The highest BCUT2D eigenvalue weighted by Crippen LogP contribution is 2.19. The fraction of sp³-hybridized carbons (Fsp3) is 0.455. The third-order valence-electron chi connectivity index (χ3n) is 1.99. The van der Waals surface area contributed by atoms with E-state index in [9.17, 15) is 0 Å². The van der Waals surface area contributed by atoms with Crippen LogP contribution in [0, 0.1) is 0 Å². The van der Waals surface area contributed by atoms with Crippen molar-refractivity contribution in [3.63, 3.8) is 0 Å². The van der Waals surface area contributed by atoms with Gasteiger partial charge in [-0.3, -0.25) is 10.4 Å². The van der Waals surface area contributed by atoms with Gasteiger partial charge in [0.2, 0.25) is 0 Å². The van der Waals surface area contributed by atoms with Crippen LogP contribution < -0.4 is 5.43 Å². The molecule has 0 heterocycles. The summed E-state index contributed by atoms with van der Waals surface area (Å²) in [6.45, 7) is 11.9. The summed E-state index contributed by atoms with van der Waals surface area (Å²) in [5.74, 6) is 0. The second kappa shape index (κ2) is 7.23. The van der Waals surface area contributed by atoms with E-state index < -0.39 is 0 Å². The Balaban J connectivity index is 4.92. The van der Waals surface area contributed by atoms with Gasteiger partial charge in [0, 0.05) is 30.2 Å². The molecule has 15 heavy (non-hydrogen) atoms. The van der Waals surface area contributed by atoms with Crippen LogP contribution >= 0.6 is 11.6 Å². The average Bonchev–Trinajstić information content (AvgIpc) is 2.24. The number of hydrogen-bond donors (Lipinski definition) is 1. The van der Waals surface area contributed by atoms with Gasteiger partial charge in [-0.05, 0) is 38.8 Å². The van der Waals surface area contributed by atoms with Gasteiger partial charge in [-0.1, -0.05) is 11.6 Å². The van der Waals surface area contributed by atoms with Crippen LogP contribution in [0.5, 0.6) is 0 Å². The summed E-state index contributed by atoms with van der Waals surface area (Å²) in [4.78, 5) is 4.30. The molecule has 0 aromatic heterocycles. The van der Waals surface area contributed by atoms with Gasteiger partial charge >= 0.3 is 0 Å². The van der Waals surface area contributed by atoms with Crippen molar-refractivity contribution < 1.29 is 0 Å². The van der Waals surface area contributed by atoms with Gasteiger partial charge in [-0.15, -0.1) is 0 Å². The van der Waals surface area contributed by atoms with E-state index in [1.165, 1.54) is 0 Å². The smallest absolute Gasteiger partial charge is 0.0497 e. The SMILES string of the molecule is C=NN/C=C(C)\C(Cl)=C(\C)C(C)=NCC. The summed E-state index contributed by atoms with van der Waals surface area (Å²) in [5, 5.41) is 4.21. The van der Waals surface area contributed by atoms with Crippen LogP contribution in [0.1, 0.15) is 27.7 Å². The van der Waals surface area contributed by atoms with Crippen LogP contribution in [0.2, 0.25) is 0 Å². The third-order valence-corrected chi connectivity index (χ3v) is 2.57. The van der Waals surface area contributed by atoms with Gasteiger partial charge < -0.3 is 0 Å². The van der Waals surface area contributed by atoms with E-state index in [4.69, 9.17) is 11.6 Å². The molecular weight excluding hydrogens is 210 g/mol. The molecular formula is C11H18ClN3. The Morgan fingerprint density at radius 1 is 1.40 bits per heavy atom. The maximum Gasteiger partial charge on any atom is 0.0497 e. The van der Waals surface area contributed by atoms with Crippen molar-refractivity contribution in [1.82, 2.24) is 5.43 Å². The standard InChI is InChI=1S/C11H18ClN3/c1-6-14-10(4)9(3)11(12)8(2)7-15-13-5/h7,15H,5-6H2,1-4H3/b8-7-,11-9+,14-10?. The molecule has 0 aliphatic heterocycles. The van der Waals surface area contributed by atoms with E-state index in [-0.39, 0.29) is 0 Å². The number of rotatable bonds is 5. The van der Waals surface area contributed by atoms with Crippen molar-refractivity contribution in [2.75, 3.05) is 6.54 Å². The number of allylic oxidation sites excluding steroid dienone is 3. The third kappa shape index (κ3) is 4.79. The molecule has 0 saturated carbocycles. The monoisotopic (exact) mass is 227 g/mol. The molecule has 0 fully saturated rings. The summed E-state index contributed by atoms with van der Waals surface area (Å²) in [5.41, 5.74) is 5.50. The second-order valence-corrected chi connectivity index (χ2v) is 3.49. The first-order chi connectivity index (χ1) is 7.04. The van der Waals surface area contributed by atoms with Crippen molar-refractivity contribution in [3.05, 3.63) is 22.4 Å². The molecule has 0 spiro atoms. The molecule has 0 aromatic carbocycles. The zero-order valence-electron chi connectivity index (χ0n) is 9.76. The normalized spacial score (nSPS) is 14.7. The van der Waals surface area contributed by atoms with Crippen LogP contribution in [0.15, 0.2) is 32.5 Å². The number of hydrazone groups is 1. The molecule has 0 bridgehead atoms. The van der Waals surface area contributed by atoms with Gasteiger partial charge in [0.05, 0.1) is 0 Å². The van der Waals surface area contributed by atoms with E-state index in [1.807, 2.05) is 27.7 Å². The molecule has 0 amide bonds. The first-order valence-electron chi connectivity index (χ1n) is 4.80. The Bertz CT molecular complexity index is 314. The molecule has 0 atom stereocenters. The summed E-state index contributed by atoms with van der Waals surface area (Å²) in [7, 11) is 0. The van der Waals surface area contributed by atoms with Crippen LogP contribution in [-0.4, -0.2) is 19.0 Å². The van der Waals surface area contributed by atoms with Crippen molar-refractivity contribution in [2.24, 2.45) is 10.1 Å². The molecule has 4 heteroatoms. The molecule has 0 radical (unpaired) electrons. The highest BCUT2D eigenvalue weighted by molar-refractivity contribution is 6.34. The molecule has 0 aliphatic rings. The molecule has 0 aliphatic carbocycles. The molecule has 0 saturated heterocycles. The first kappa shape index (κ1) is 13.9. The summed E-state index contributed by atoms with van der Waals surface area (Å²) in [6.07, 6.45) is 1.71. The minimum atomic E-state index is 0.695. The number of aliphatic imine (C=N–C) groups is 1. The number of halogens is 1. The van der Waals surface area contributed by atoms with E-state index in [1.54, 1.807) is 6.20 Å². The minimum absolute atomic E-state index is 0.695. The fourth-order valence-corrected chi connectivity index (χ4v) is 1.21. The minimum Gasteiger partial charge on any atom is -0.290 e. The maximum atomic E-state index is 6.18. The predicted octanol–water partition coefficient (Wildman–Crippen LogP) is 3.09. The van der Waals surface area contributed by atoms with E-state index in [0.717, 1.165) is 23.4 Å². The lowest BCUT2D eigenvalue weighted by atomic mass is 10.1. The molecule has 1 N–H and O–H groups in total. The van der Waals surface area contributed by atoms with E-state index >= 15 is 0 Å². The van der Waals surface area contributed by atoms with E-state index in [2.05, 4.69) is 22.2 Å². The van der Waals surface area contributed by atoms with Gasteiger partial charge in [0.1, 0.15) is 0 Å². The number of hydrogen-bond acceptors (Lipinski definition) is 3. The lowest BCUT2D eigenvalue weighted by molar-refractivity contribution is 0.968. The largest absolute Gasteiger partial charge is 0.290 e. The molecule has 0 unspecified atom stereocenters. The average molecular weight is 228 g/mol. The van der Waals surface area contributed by atoms with Gasteiger partial charge in [-0.25, -0.2) is 0 Å². The summed E-state index contributed by atoms with van der Waals surface area (Å²) in [6, 6.07) is 0. The first-order valence-corrected chi connectivity index (χ1v) is 5.18. The second-order valence-electron chi connectivity index (χ2n) is 3.11. The highest BCUT2D eigenvalue weighted by Gasteiger charge is 2.04. The van der Waals surface area contributed by atoms with Gasteiger partial charge in [0.25, 0.3) is 0 Å². The molecule has 0 rings (SSSR count). The zero-order chi connectivity index (χ0) is 11.8. The summed E-state index contributed by atoms with van der Waals surface area (Å²) >= 11 is 6.18. The molecule has 0 aromatic rings. The van der Waals surface area contributed by atoms with E-state index in [0.29, 0.717) is 5.03 Å². The maximum absolute atomic E-state index is 6.18. The van der Waals surface area contributed by atoms with Crippen LogP contribution in [0.25, 0.3) is 0 Å². The Kier molecular flexibility index (Phi) is 6.71. The Morgan fingerprint density at radius 2 is 2.00 bits per heavy atom. The molecule has 3 nitrogen and oxygen atoms in total. The van der Waals surface area contributed by atoms with Crippen LogP contribution in [-0.2, 0) is 0 Å². The lowest BCUT2D eigenvalue weighted by Gasteiger charge is -2.06. The van der Waals surface area contributed by atoms with Crippen molar-refractivity contribution in [2.45, 2.75) is 27.7 Å². The van der Waals surface area contributed by atoms with Crippen LogP contribution in [0.4, 0.5) is 0 Å². The van der Waals surface area contributed by atoms with Gasteiger partial charge in [0.15, 0.2) is 0 Å². The summed E-state index contributed by atoms with van der Waals surface area (Å²) < 4.78 is 0. The number of nitrogens with one attached hydrogen (secondary N) is 1. The number of nitrogens with zero attached hydrogens (tertiary/aromatic N) is 2. The highest BCUT2D eigenvalue weighted by atomic mass is 35.5. The van der Waals surface area contributed by atoms with Crippen LogP contribution in [0.3, 0.4) is 0 Å². The Labute approximate surface area is 96.6 Å². The Morgan fingerprint density at radius 3 is 2.47 bits per heavy atom. The van der Waals surface area contributed by atoms with Crippen molar-refractivity contribution in [3.8, 4) is 0 Å². The van der Waals surface area contributed by atoms with Crippen molar-refractivity contribution >= 4 is 24.0 Å². The predicted molar refractivity (Wildman–Crippen MR) is 68.6 cm³/mol. The molecule has 84 valence electrons.